The van der Waals surface area contributed by atoms with Crippen LogP contribution in [0.1, 0.15) is 24.0 Å². The third kappa shape index (κ3) is 3.60. The Hall–Kier alpha value is -0.670. The lowest BCUT2D eigenvalue weighted by Crippen LogP contribution is -2.27. The molecule has 1 rings (SSSR count). The third-order valence-corrected chi connectivity index (χ3v) is 3.08. The molecule has 1 N–H and O–H groups in total. The first kappa shape index (κ1) is 11.4. The molecule has 0 aromatic carbocycles. The molecular formula is C11H18N2S. The van der Waals surface area contributed by atoms with Gasteiger partial charge in [-0.3, -0.25) is 0 Å². The zero-order chi connectivity index (χ0) is 10.6. The van der Waals surface area contributed by atoms with Crippen molar-refractivity contribution in [1.29, 1.82) is 0 Å². The van der Waals surface area contributed by atoms with Gasteiger partial charge in [0.25, 0.3) is 0 Å². The Balaban J connectivity index is 2.52. The normalized spacial score (nSPS) is 12.8. The van der Waals surface area contributed by atoms with Crippen molar-refractivity contribution in [3.63, 3.8) is 0 Å². The molecule has 14 heavy (non-hydrogen) atoms. The van der Waals surface area contributed by atoms with E-state index < -0.39 is 0 Å². The molecule has 0 radical (unpaired) electrons. The van der Waals surface area contributed by atoms with E-state index in [-0.39, 0.29) is 0 Å². The van der Waals surface area contributed by atoms with Crippen molar-refractivity contribution in [2.24, 2.45) is 0 Å². The summed E-state index contributed by atoms with van der Waals surface area (Å²) < 4.78 is 0. The number of nitrogens with one attached hydrogen (secondary N) is 1. The van der Waals surface area contributed by atoms with E-state index in [1.807, 2.05) is 14.0 Å². The molecule has 1 atom stereocenters. The number of hydrogen-bond donors (Lipinski definition) is 1. The second-order valence-electron chi connectivity index (χ2n) is 3.73. The summed E-state index contributed by atoms with van der Waals surface area (Å²) in [5.74, 6) is 0. The van der Waals surface area contributed by atoms with E-state index >= 15 is 0 Å². The fraction of sp³-hybridized carbons (Fsp3) is 0.545. The van der Waals surface area contributed by atoms with Crippen LogP contribution in [0.25, 0.3) is 0 Å². The number of thiazole rings is 1. The van der Waals surface area contributed by atoms with Crippen LogP contribution >= 0.6 is 11.3 Å². The van der Waals surface area contributed by atoms with Crippen LogP contribution in [0, 0.1) is 6.92 Å². The predicted molar refractivity (Wildman–Crippen MR) is 62.8 cm³/mol. The van der Waals surface area contributed by atoms with Crippen molar-refractivity contribution in [2.75, 3.05) is 7.05 Å². The lowest BCUT2D eigenvalue weighted by molar-refractivity contribution is 0.553. The van der Waals surface area contributed by atoms with E-state index in [2.05, 4.69) is 29.2 Å². The Morgan fingerprint density at radius 3 is 2.86 bits per heavy atom. The zero-order valence-electron chi connectivity index (χ0n) is 9.13. The standard InChI is InChI=1S/C11H18N2S/c1-8(2)5-10(12-4)6-11-13-9(3)7-14-11/h7,10,12H,1,5-6H2,2-4H3. The topological polar surface area (TPSA) is 24.9 Å². The molecule has 1 aromatic rings. The van der Waals surface area contributed by atoms with Crippen LogP contribution in [0.4, 0.5) is 0 Å². The Morgan fingerprint density at radius 2 is 2.43 bits per heavy atom. The van der Waals surface area contributed by atoms with Crippen LogP contribution < -0.4 is 5.32 Å². The van der Waals surface area contributed by atoms with E-state index in [9.17, 15) is 0 Å². The van der Waals surface area contributed by atoms with Crippen LogP contribution in [0.5, 0.6) is 0 Å². The van der Waals surface area contributed by atoms with Crippen molar-refractivity contribution in [2.45, 2.75) is 32.7 Å². The first-order chi connectivity index (χ1) is 6.61. The van der Waals surface area contributed by atoms with Crippen molar-refractivity contribution < 1.29 is 0 Å². The number of nitrogens with zero attached hydrogens (tertiary/aromatic N) is 1. The Morgan fingerprint density at radius 1 is 1.71 bits per heavy atom. The summed E-state index contributed by atoms with van der Waals surface area (Å²) in [7, 11) is 1.99. The van der Waals surface area contributed by atoms with Gasteiger partial charge in [0.15, 0.2) is 0 Å². The summed E-state index contributed by atoms with van der Waals surface area (Å²) in [6, 6.07) is 0.470. The molecule has 0 aliphatic heterocycles. The maximum atomic E-state index is 4.45. The van der Waals surface area contributed by atoms with E-state index in [0.717, 1.165) is 18.5 Å². The minimum Gasteiger partial charge on any atom is -0.316 e. The van der Waals surface area contributed by atoms with E-state index in [1.165, 1.54) is 10.6 Å². The number of aromatic nitrogens is 1. The van der Waals surface area contributed by atoms with Crippen molar-refractivity contribution >= 4 is 11.3 Å². The van der Waals surface area contributed by atoms with Crippen molar-refractivity contribution in [3.8, 4) is 0 Å². The van der Waals surface area contributed by atoms with Gasteiger partial charge >= 0.3 is 0 Å². The lowest BCUT2D eigenvalue weighted by Gasteiger charge is -2.14. The third-order valence-electron chi connectivity index (χ3n) is 2.09. The molecule has 0 spiro atoms. The summed E-state index contributed by atoms with van der Waals surface area (Å²) in [4.78, 5) is 4.45. The summed E-state index contributed by atoms with van der Waals surface area (Å²) in [5, 5.41) is 6.61. The van der Waals surface area contributed by atoms with Crippen molar-refractivity contribution in [1.82, 2.24) is 10.3 Å². The Kier molecular flexibility index (Phi) is 4.29. The Bertz CT molecular complexity index is 304. The van der Waals surface area contributed by atoms with E-state index in [4.69, 9.17) is 0 Å². The molecule has 1 aromatic heterocycles. The fourth-order valence-corrected chi connectivity index (χ4v) is 2.26. The highest BCUT2D eigenvalue weighted by Crippen LogP contribution is 2.13. The van der Waals surface area contributed by atoms with Crippen LogP contribution in [-0.2, 0) is 6.42 Å². The highest BCUT2D eigenvalue weighted by atomic mass is 32.1. The molecule has 0 bridgehead atoms. The molecule has 1 unspecified atom stereocenters. The number of aryl methyl sites for hydroxylation is 1. The van der Waals surface area contributed by atoms with Gasteiger partial charge < -0.3 is 5.32 Å². The largest absolute Gasteiger partial charge is 0.316 e. The molecule has 0 fully saturated rings. The summed E-state index contributed by atoms with van der Waals surface area (Å²) >= 11 is 1.74. The Labute approximate surface area is 90.1 Å². The highest BCUT2D eigenvalue weighted by molar-refractivity contribution is 7.09. The minimum absolute atomic E-state index is 0.470. The summed E-state index contributed by atoms with van der Waals surface area (Å²) in [6.45, 7) is 8.03. The minimum atomic E-state index is 0.470. The second-order valence-corrected chi connectivity index (χ2v) is 4.68. The first-order valence-electron chi connectivity index (χ1n) is 4.84. The maximum absolute atomic E-state index is 4.45. The van der Waals surface area contributed by atoms with Gasteiger partial charge in [0.1, 0.15) is 0 Å². The fourth-order valence-electron chi connectivity index (χ4n) is 1.40. The number of likely N-dealkylation sites (N-methyl/N-ethyl adjacent to an activating group) is 1. The molecule has 1 heterocycles. The molecule has 0 amide bonds. The molecular weight excluding hydrogens is 192 g/mol. The molecule has 3 heteroatoms. The van der Waals surface area contributed by atoms with Crippen LogP contribution in [0.3, 0.4) is 0 Å². The molecule has 0 saturated heterocycles. The molecule has 0 saturated carbocycles. The summed E-state index contributed by atoms with van der Waals surface area (Å²) in [6.07, 6.45) is 2.02. The van der Waals surface area contributed by atoms with Crippen molar-refractivity contribution in [3.05, 3.63) is 28.2 Å². The highest BCUT2D eigenvalue weighted by Gasteiger charge is 2.09. The summed E-state index contributed by atoms with van der Waals surface area (Å²) in [5.41, 5.74) is 2.34. The lowest BCUT2D eigenvalue weighted by atomic mass is 10.1. The smallest absolute Gasteiger partial charge is 0.0943 e. The van der Waals surface area contributed by atoms with Gasteiger partial charge in [-0.15, -0.1) is 17.9 Å². The zero-order valence-corrected chi connectivity index (χ0v) is 9.95. The second kappa shape index (κ2) is 5.27. The average Bonchev–Trinajstić information content (AvgIpc) is 2.49. The average molecular weight is 210 g/mol. The van der Waals surface area contributed by atoms with Crippen LogP contribution in [-0.4, -0.2) is 18.1 Å². The van der Waals surface area contributed by atoms with Gasteiger partial charge in [-0.2, -0.15) is 0 Å². The van der Waals surface area contributed by atoms with Gasteiger partial charge in [0.05, 0.1) is 5.01 Å². The predicted octanol–water partition coefficient (Wildman–Crippen LogP) is 2.55. The van der Waals surface area contributed by atoms with E-state index in [1.54, 1.807) is 11.3 Å². The molecule has 0 aliphatic rings. The number of rotatable bonds is 5. The van der Waals surface area contributed by atoms with E-state index in [0.29, 0.717) is 6.04 Å². The van der Waals surface area contributed by atoms with Gasteiger partial charge in [-0.1, -0.05) is 5.57 Å². The number of hydrogen-bond acceptors (Lipinski definition) is 3. The monoisotopic (exact) mass is 210 g/mol. The van der Waals surface area contributed by atoms with Crippen LogP contribution in [0.2, 0.25) is 0 Å². The molecule has 0 aliphatic carbocycles. The molecule has 78 valence electrons. The van der Waals surface area contributed by atoms with Gasteiger partial charge in [-0.25, -0.2) is 4.98 Å². The van der Waals surface area contributed by atoms with Crippen LogP contribution in [0.15, 0.2) is 17.5 Å². The quantitative estimate of drug-likeness (QED) is 0.755. The van der Waals surface area contributed by atoms with Gasteiger partial charge in [-0.05, 0) is 27.3 Å². The maximum Gasteiger partial charge on any atom is 0.0943 e. The first-order valence-corrected chi connectivity index (χ1v) is 5.72. The van der Waals surface area contributed by atoms with Gasteiger partial charge in [0, 0.05) is 23.5 Å². The molecule has 2 nitrogen and oxygen atoms in total. The SMILES string of the molecule is C=C(C)CC(Cc1nc(C)cs1)NC. The van der Waals surface area contributed by atoms with Gasteiger partial charge in [0.2, 0.25) is 0 Å².